The number of likely N-dealkylation sites (N-methyl/N-ethyl adjacent to an activating group) is 1. The second-order valence-corrected chi connectivity index (χ2v) is 7.33. The molecule has 1 amide bonds. The molecular weight excluding hydrogens is 340 g/mol. The Kier molecular flexibility index (Phi) is 3.93. The summed E-state index contributed by atoms with van der Waals surface area (Å²) in [6, 6.07) is 6.26. The van der Waals surface area contributed by atoms with E-state index in [1.165, 1.54) is 17.0 Å². The van der Waals surface area contributed by atoms with E-state index < -0.39 is 4.92 Å². The molecule has 1 aromatic heterocycles. The molecule has 0 aliphatic carbocycles. The number of fused-ring (bicyclic) bond motifs is 3. The van der Waals surface area contributed by atoms with Crippen molar-refractivity contribution in [1.29, 1.82) is 0 Å². The zero-order valence-corrected chi connectivity index (χ0v) is 14.6. The molecule has 0 fully saturated rings. The molecule has 3 heterocycles. The van der Waals surface area contributed by atoms with Crippen LogP contribution in [-0.2, 0) is 13.0 Å². The molecule has 2 aliphatic rings. The van der Waals surface area contributed by atoms with Crippen molar-refractivity contribution in [2.45, 2.75) is 26.1 Å². The molecule has 1 aromatic carbocycles. The first-order chi connectivity index (χ1) is 12.1. The summed E-state index contributed by atoms with van der Waals surface area (Å²) in [5, 5.41) is 18.0. The van der Waals surface area contributed by atoms with Crippen molar-refractivity contribution in [2.24, 2.45) is 0 Å². The molecule has 0 saturated carbocycles. The van der Waals surface area contributed by atoms with Gasteiger partial charge in [-0.05, 0) is 36.2 Å². The predicted molar refractivity (Wildman–Crippen MR) is 95.9 cm³/mol. The van der Waals surface area contributed by atoms with Crippen LogP contribution in [0.4, 0.5) is 10.7 Å². The van der Waals surface area contributed by atoms with Gasteiger partial charge in [0.05, 0.1) is 10.5 Å². The third-order valence-corrected chi connectivity index (χ3v) is 5.95. The van der Waals surface area contributed by atoms with Crippen LogP contribution in [-0.4, -0.2) is 28.8 Å². The largest absolute Gasteiger partial charge is 0.353 e. The maximum absolute atomic E-state index is 12.7. The summed E-state index contributed by atoms with van der Waals surface area (Å²) in [6.07, 6.45) is 0.523. The highest BCUT2D eigenvalue weighted by molar-refractivity contribution is 7.16. The Hall–Kier alpha value is -2.45. The third-order valence-electron chi connectivity index (χ3n) is 4.80. The number of nitro benzene ring substituents is 1. The minimum absolute atomic E-state index is 0.0396. The number of rotatable bonds is 3. The number of nitro groups is 1. The maximum atomic E-state index is 12.7. The smallest absolute Gasteiger partial charge is 0.269 e. The highest BCUT2D eigenvalue weighted by Crippen LogP contribution is 2.40. The Bertz CT molecular complexity index is 846. The summed E-state index contributed by atoms with van der Waals surface area (Å²) in [5.74, 6) is -0.0699. The number of non-ortho nitro benzene ring substituents is 1. The van der Waals surface area contributed by atoms with Crippen molar-refractivity contribution in [3.05, 3.63) is 55.9 Å². The molecule has 0 spiro atoms. The van der Waals surface area contributed by atoms with Gasteiger partial charge in [-0.2, -0.15) is 0 Å². The van der Waals surface area contributed by atoms with Crippen LogP contribution in [0.2, 0.25) is 0 Å². The van der Waals surface area contributed by atoms with Crippen LogP contribution in [0.25, 0.3) is 0 Å². The maximum Gasteiger partial charge on any atom is 0.269 e. The van der Waals surface area contributed by atoms with Crippen molar-refractivity contribution >= 4 is 27.9 Å². The second-order valence-electron chi connectivity index (χ2n) is 6.23. The van der Waals surface area contributed by atoms with Crippen molar-refractivity contribution in [3.8, 4) is 0 Å². The molecule has 8 heteroatoms. The molecule has 0 saturated heterocycles. The number of thiophene rings is 1. The van der Waals surface area contributed by atoms with Gasteiger partial charge in [-0.25, -0.2) is 0 Å². The Balaban J connectivity index is 1.62. The van der Waals surface area contributed by atoms with Gasteiger partial charge in [0.25, 0.3) is 11.6 Å². The highest BCUT2D eigenvalue weighted by atomic mass is 32.1. The van der Waals surface area contributed by atoms with Crippen LogP contribution in [0.3, 0.4) is 0 Å². The fourth-order valence-electron chi connectivity index (χ4n) is 3.39. The molecule has 0 radical (unpaired) electrons. The minimum Gasteiger partial charge on any atom is -0.353 e. The van der Waals surface area contributed by atoms with Crippen molar-refractivity contribution in [3.63, 3.8) is 0 Å². The lowest BCUT2D eigenvalue weighted by Gasteiger charge is -2.28. The number of anilines is 1. The van der Waals surface area contributed by atoms with Crippen LogP contribution in [0, 0.1) is 10.1 Å². The van der Waals surface area contributed by atoms with Crippen molar-refractivity contribution in [2.75, 3.05) is 18.4 Å². The summed E-state index contributed by atoms with van der Waals surface area (Å²) in [4.78, 5) is 26.6. The predicted octanol–water partition coefficient (Wildman–Crippen LogP) is 2.89. The molecule has 25 heavy (non-hydrogen) atoms. The first-order valence-electron chi connectivity index (χ1n) is 8.25. The summed E-state index contributed by atoms with van der Waals surface area (Å²) in [5.41, 5.74) is 2.77. The van der Waals surface area contributed by atoms with Gasteiger partial charge in [-0.15, -0.1) is 11.3 Å². The number of carbonyl (C=O) groups excluding carboxylic acids is 1. The zero-order valence-electron chi connectivity index (χ0n) is 13.7. The van der Waals surface area contributed by atoms with Gasteiger partial charge in [0.15, 0.2) is 0 Å². The molecule has 0 bridgehead atoms. The zero-order chi connectivity index (χ0) is 17.6. The summed E-state index contributed by atoms with van der Waals surface area (Å²) < 4.78 is 0. The normalized spacial score (nSPS) is 19.6. The van der Waals surface area contributed by atoms with Crippen molar-refractivity contribution in [1.82, 2.24) is 10.2 Å². The SMILES string of the molecule is CCN1CCc2c(sc3c2C(=O)NC(c2ccc([N+](=O)[O-])cc2)N3)C1. The van der Waals surface area contributed by atoms with Crippen LogP contribution < -0.4 is 10.6 Å². The number of carbonyl (C=O) groups is 1. The van der Waals surface area contributed by atoms with E-state index in [-0.39, 0.29) is 17.8 Å². The standard InChI is InChI=1S/C17H18N4O3S/c1-2-20-8-7-12-13(9-20)25-17-14(12)16(22)18-15(19-17)10-3-5-11(6-4-10)21(23)24/h3-6,15,19H,2,7-9H2,1H3,(H,18,22). The first-order valence-corrected chi connectivity index (χ1v) is 9.07. The van der Waals surface area contributed by atoms with Gasteiger partial charge in [0, 0.05) is 30.1 Å². The summed E-state index contributed by atoms with van der Waals surface area (Å²) in [6.45, 7) is 5.02. The number of amides is 1. The average Bonchev–Trinajstić information content (AvgIpc) is 2.99. The quantitative estimate of drug-likeness (QED) is 0.651. The fourth-order valence-corrected chi connectivity index (χ4v) is 4.71. The number of hydrogen-bond acceptors (Lipinski definition) is 6. The highest BCUT2D eigenvalue weighted by Gasteiger charge is 2.33. The van der Waals surface area contributed by atoms with Crippen LogP contribution in [0.1, 0.15) is 39.5 Å². The van der Waals surface area contributed by atoms with E-state index in [2.05, 4.69) is 22.5 Å². The van der Waals surface area contributed by atoms with E-state index in [1.807, 2.05) is 0 Å². The van der Waals surface area contributed by atoms with Gasteiger partial charge in [-0.1, -0.05) is 6.92 Å². The monoisotopic (exact) mass is 358 g/mol. The van der Waals surface area contributed by atoms with E-state index in [0.29, 0.717) is 0 Å². The van der Waals surface area contributed by atoms with E-state index >= 15 is 0 Å². The van der Waals surface area contributed by atoms with Gasteiger partial charge in [0.1, 0.15) is 11.2 Å². The van der Waals surface area contributed by atoms with Crippen molar-refractivity contribution < 1.29 is 9.72 Å². The summed E-state index contributed by atoms with van der Waals surface area (Å²) >= 11 is 1.65. The molecule has 2 N–H and O–H groups in total. The van der Waals surface area contributed by atoms with E-state index in [4.69, 9.17) is 0 Å². The van der Waals surface area contributed by atoms with Gasteiger partial charge < -0.3 is 10.6 Å². The average molecular weight is 358 g/mol. The lowest BCUT2D eigenvalue weighted by atomic mass is 10.0. The molecule has 7 nitrogen and oxygen atoms in total. The van der Waals surface area contributed by atoms with Gasteiger partial charge in [0.2, 0.25) is 0 Å². The number of nitrogens with one attached hydrogen (secondary N) is 2. The Labute approximate surface area is 148 Å². The van der Waals surface area contributed by atoms with Gasteiger partial charge in [-0.3, -0.25) is 19.8 Å². The Morgan fingerprint density at radius 3 is 2.76 bits per heavy atom. The topological polar surface area (TPSA) is 87.5 Å². The Morgan fingerprint density at radius 2 is 2.08 bits per heavy atom. The van der Waals surface area contributed by atoms with Crippen LogP contribution in [0.5, 0.6) is 0 Å². The van der Waals surface area contributed by atoms with E-state index in [1.54, 1.807) is 23.5 Å². The van der Waals surface area contributed by atoms with E-state index in [9.17, 15) is 14.9 Å². The van der Waals surface area contributed by atoms with Gasteiger partial charge >= 0.3 is 0 Å². The molecule has 2 aliphatic heterocycles. The number of benzene rings is 1. The molecule has 4 rings (SSSR count). The third kappa shape index (κ3) is 2.77. The lowest BCUT2D eigenvalue weighted by molar-refractivity contribution is -0.384. The molecular formula is C17H18N4O3S. The Morgan fingerprint density at radius 1 is 1.32 bits per heavy atom. The minimum atomic E-state index is -0.429. The molecule has 1 atom stereocenters. The fraction of sp³-hybridized carbons (Fsp3) is 0.353. The molecule has 1 unspecified atom stereocenters. The molecule has 130 valence electrons. The number of hydrogen-bond donors (Lipinski definition) is 2. The lowest BCUT2D eigenvalue weighted by Crippen LogP contribution is -2.38. The van der Waals surface area contributed by atoms with Crippen LogP contribution in [0.15, 0.2) is 24.3 Å². The summed E-state index contributed by atoms with van der Waals surface area (Å²) in [7, 11) is 0. The molecule has 2 aromatic rings. The first kappa shape index (κ1) is 16.0. The van der Waals surface area contributed by atoms with Crippen LogP contribution >= 0.6 is 11.3 Å². The van der Waals surface area contributed by atoms with E-state index in [0.717, 1.165) is 47.7 Å². The second kappa shape index (κ2) is 6.12. The number of nitrogens with zero attached hydrogens (tertiary/aromatic N) is 2.